The Morgan fingerprint density at radius 2 is 1.81 bits per heavy atom. The summed E-state index contributed by atoms with van der Waals surface area (Å²) in [5.41, 5.74) is 0.762. The Hall–Kier alpha value is -2.95. The van der Waals surface area contributed by atoms with E-state index < -0.39 is 0 Å². The Kier molecular flexibility index (Phi) is 3.23. The van der Waals surface area contributed by atoms with Crippen molar-refractivity contribution in [2.24, 2.45) is 0 Å². The zero-order valence-electron chi connectivity index (χ0n) is 10.6. The third-order valence-electron chi connectivity index (χ3n) is 2.95. The van der Waals surface area contributed by atoms with Gasteiger partial charge in [0, 0.05) is 0 Å². The zero-order chi connectivity index (χ0) is 14.8. The predicted molar refractivity (Wildman–Crippen MR) is 77.2 cm³/mol. The van der Waals surface area contributed by atoms with E-state index in [-0.39, 0.29) is 22.8 Å². The van der Waals surface area contributed by atoms with Crippen molar-refractivity contribution in [3.8, 4) is 23.6 Å². The van der Waals surface area contributed by atoms with Gasteiger partial charge in [0.2, 0.25) is 5.76 Å². The van der Waals surface area contributed by atoms with E-state index in [4.69, 9.17) is 31.3 Å². The van der Waals surface area contributed by atoms with Gasteiger partial charge >= 0.3 is 0 Å². The predicted octanol–water partition coefficient (Wildman–Crippen LogP) is 4.62. The van der Waals surface area contributed by atoms with Gasteiger partial charge in [-0.2, -0.15) is 10.5 Å². The lowest BCUT2D eigenvalue weighted by Gasteiger charge is -2.07. The van der Waals surface area contributed by atoms with Crippen LogP contribution in [0.1, 0.15) is 11.3 Å². The zero-order valence-corrected chi connectivity index (χ0v) is 11.4. The highest BCUT2D eigenvalue weighted by Crippen LogP contribution is 2.37. The third-order valence-corrected chi connectivity index (χ3v) is 3.27. The molecule has 1 aromatic heterocycles. The van der Waals surface area contributed by atoms with Gasteiger partial charge in [0.05, 0.1) is 10.4 Å². The number of para-hydroxylation sites is 1. The number of hydrogen-bond donors (Lipinski definition) is 0. The number of rotatable bonds is 2. The van der Waals surface area contributed by atoms with Crippen LogP contribution in [-0.2, 0) is 0 Å². The summed E-state index contributed by atoms with van der Waals surface area (Å²) in [5.74, 6) is 0.625. The van der Waals surface area contributed by atoms with Crippen LogP contribution >= 0.6 is 11.6 Å². The fraction of sp³-hybridized carbons (Fsp3) is 0. The molecule has 0 bridgehead atoms. The van der Waals surface area contributed by atoms with E-state index in [2.05, 4.69) is 0 Å². The quantitative estimate of drug-likeness (QED) is 0.691. The number of fused-ring (bicyclic) bond motifs is 1. The fourth-order valence-electron chi connectivity index (χ4n) is 2.00. The molecule has 0 N–H and O–H groups in total. The van der Waals surface area contributed by atoms with E-state index in [0.29, 0.717) is 16.0 Å². The molecule has 0 aliphatic rings. The SMILES string of the molecule is N#Cc1oc2ccccc2c1Oc1cccc(Cl)c1C#N. The van der Waals surface area contributed by atoms with Gasteiger partial charge in [-0.05, 0) is 24.3 Å². The summed E-state index contributed by atoms with van der Waals surface area (Å²) in [5, 5.41) is 19.3. The molecule has 0 aliphatic carbocycles. The smallest absolute Gasteiger partial charge is 0.247 e. The summed E-state index contributed by atoms with van der Waals surface area (Å²) in [6.45, 7) is 0. The number of nitriles is 2. The van der Waals surface area contributed by atoms with Crippen molar-refractivity contribution < 1.29 is 9.15 Å². The standard InChI is InChI=1S/C16H7ClN2O2/c17-12-5-3-7-14(11(12)8-18)21-16-10-4-1-2-6-13(10)20-15(16)9-19/h1-7H. The molecule has 0 fully saturated rings. The summed E-state index contributed by atoms with van der Waals surface area (Å²) in [6, 6.07) is 16.0. The first kappa shape index (κ1) is 13.1. The highest BCUT2D eigenvalue weighted by molar-refractivity contribution is 6.31. The number of hydrogen-bond acceptors (Lipinski definition) is 4. The van der Waals surface area contributed by atoms with Crippen LogP contribution in [0.3, 0.4) is 0 Å². The van der Waals surface area contributed by atoms with Crippen LogP contribution in [0.2, 0.25) is 5.02 Å². The van der Waals surface area contributed by atoms with Gasteiger partial charge in [-0.3, -0.25) is 0 Å². The van der Waals surface area contributed by atoms with Crippen molar-refractivity contribution in [1.29, 1.82) is 10.5 Å². The van der Waals surface area contributed by atoms with E-state index >= 15 is 0 Å². The third kappa shape index (κ3) is 2.18. The molecule has 0 saturated carbocycles. The van der Waals surface area contributed by atoms with Crippen molar-refractivity contribution in [3.63, 3.8) is 0 Å². The van der Waals surface area contributed by atoms with Crippen LogP contribution in [0.25, 0.3) is 11.0 Å². The van der Waals surface area contributed by atoms with Gasteiger partial charge in [-0.1, -0.05) is 29.8 Å². The largest absolute Gasteiger partial charge is 0.450 e. The molecule has 5 heteroatoms. The minimum absolute atomic E-state index is 0.0556. The number of furan rings is 1. The molecule has 0 unspecified atom stereocenters. The normalized spacial score (nSPS) is 10.0. The average Bonchev–Trinajstić information content (AvgIpc) is 2.86. The summed E-state index contributed by atoms with van der Waals surface area (Å²) in [7, 11) is 0. The Morgan fingerprint density at radius 3 is 2.57 bits per heavy atom. The monoisotopic (exact) mass is 294 g/mol. The van der Waals surface area contributed by atoms with Crippen LogP contribution in [0.5, 0.6) is 11.5 Å². The number of benzene rings is 2. The molecule has 4 nitrogen and oxygen atoms in total. The van der Waals surface area contributed by atoms with Gasteiger partial charge in [-0.25, -0.2) is 0 Å². The van der Waals surface area contributed by atoms with Crippen molar-refractivity contribution >= 4 is 22.6 Å². The fourth-order valence-corrected chi connectivity index (χ4v) is 2.21. The lowest BCUT2D eigenvalue weighted by Crippen LogP contribution is -1.90. The second kappa shape index (κ2) is 5.20. The first-order chi connectivity index (χ1) is 10.2. The van der Waals surface area contributed by atoms with Crippen LogP contribution in [0.15, 0.2) is 46.9 Å². The summed E-state index contributed by atoms with van der Waals surface area (Å²) in [4.78, 5) is 0. The minimum atomic E-state index is 0.0556. The van der Waals surface area contributed by atoms with Crippen molar-refractivity contribution in [2.75, 3.05) is 0 Å². The molecule has 0 aliphatic heterocycles. The van der Waals surface area contributed by atoms with Crippen molar-refractivity contribution in [2.45, 2.75) is 0 Å². The average molecular weight is 295 g/mol. The van der Waals surface area contributed by atoms with Gasteiger partial charge in [-0.15, -0.1) is 0 Å². The van der Waals surface area contributed by atoms with Gasteiger partial charge < -0.3 is 9.15 Å². The second-order valence-electron chi connectivity index (χ2n) is 4.20. The molecule has 0 amide bonds. The molecule has 3 rings (SSSR count). The van der Waals surface area contributed by atoms with Crippen molar-refractivity contribution in [3.05, 3.63) is 58.8 Å². The van der Waals surface area contributed by atoms with E-state index in [0.717, 1.165) is 0 Å². The molecule has 3 aromatic rings. The lowest BCUT2D eigenvalue weighted by molar-refractivity contribution is 0.466. The van der Waals surface area contributed by atoms with Crippen LogP contribution in [0, 0.1) is 22.7 Å². The molecule has 0 atom stereocenters. The van der Waals surface area contributed by atoms with Crippen LogP contribution < -0.4 is 4.74 Å². The summed E-state index contributed by atoms with van der Waals surface area (Å²) in [6.07, 6.45) is 0. The minimum Gasteiger partial charge on any atom is -0.450 e. The highest BCUT2D eigenvalue weighted by Gasteiger charge is 2.18. The first-order valence-electron chi connectivity index (χ1n) is 6.02. The van der Waals surface area contributed by atoms with E-state index in [1.165, 1.54) is 0 Å². The van der Waals surface area contributed by atoms with E-state index in [1.54, 1.807) is 36.4 Å². The highest BCUT2D eigenvalue weighted by atomic mass is 35.5. The number of nitrogens with zero attached hydrogens (tertiary/aromatic N) is 2. The molecular weight excluding hydrogens is 288 g/mol. The lowest BCUT2D eigenvalue weighted by atomic mass is 10.2. The van der Waals surface area contributed by atoms with Crippen LogP contribution in [-0.4, -0.2) is 0 Å². The molecule has 100 valence electrons. The van der Waals surface area contributed by atoms with Crippen molar-refractivity contribution in [1.82, 2.24) is 0 Å². The number of halogens is 1. The van der Waals surface area contributed by atoms with Crippen LogP contribution in [0.4, 0.5) is 0 Å². The summed E-state index contributed by atoms with van der Waals surface area (Å²) < 4.78 is 11.2. The van der Waals surface area contributed by atoms with Gasteiger partial charge in [0.25, 0.3) is 0 Å². The second-order valence-corrected chi connectivity index (χ2v) is 4.60. The number of ether oxygens (including phenoxy) is 1. The molecule has 2 aromatic carbocycles. The maximum atomic E-state index is 9.16. The molecule has 21 heavy (non-hydrogen) atoms. The molecular formula is C16H7ClN2O2. The summed E-state index contributed by atoms with van der Waals surface area (Å²) >= 11 is 5.97. The van der Waals surface area contributed by atoms with E-state index in [9.17, 15) is 0 Å². The maximum Gasteiger partial charge on any atom is 0.247 e. The Morgan fingerprint density at radius 1 is 1.00 bits per heavy atom. The van der Waals surface area contributed by atoms with Gasteiger partial charge in [0.15, 0.2) is 5.75 Å². The molecule has 1 heterocycles. The van der Waals surface area contributed by atoms with Gasteiger partial charge in [0.1, 0.15) is 29.0 Å². The molecule has 0 spiro atoms. The Labute approximate surface area is 125 Å². The first-order valence-corrected chi connectivity index (χ1v) is 6.40. The maximum absolute atomic E-state index is 9.16. The Bertz CT molecular complexity index is 916. The molecule has 0 saturated heterocycles. The Balaban J connectivity index is 2.18. The molecule has 0 radical (unpaired) electrons. The topological polar surface area (TPSA) is 69.9 Å². The van der Waals surface area contributed by atoms with E-state index in [1.807, 2.05) is 18.2 Å².